The van der Waals surface area contributed by atoms with Crippen LogP contribution in [0.3, 0.4) is 0 Å². The average molecular weight is 451 g/mol. The first-order valence-electron chi connectivity index (χ1n) is 10.4. The number of carbonyl (C=O) groups is 1. The minimum Gasteiger partial charge on any atom is -0.477 e. The molecule has 2 amide bonds. The third kappa shape index (κ3) is 3.49. The van der Waals surface area contributed by atoms with E-state index < -0.39 is 28.3 Å². The van der Waals surface area contributed by atoms with Crippen LogP contribution in [-0.4, -0.2) is 33.1 Å². The van der Waals surface area contributed by atoms with Gasteiger partial charge in [-0.3, -0.25) is 0 Å². The van der Waals surface area contributed by atoms with E-state index in [1.807, 2.05) is 6.07 Å². The number of hydrogen-bond acceptors (Lipinski definition) is 4. The molecule has 2 atom stereocenters. The number of rotatable bonds is 3. The topological polar surface area (TPSA) is 112 Å². The van der Waals surface area contributed by atoms with Crippen molar-refractivity contribution < 1.29 is 22.5 Å². The molecule has 2 aliphatic carbocycles. The van der Waals surface area contributed by atoms with Gasteiger partial charge in [0.05, 0.1) is 12.8 Å². The molecule has 11 heteroatoms. The van der Waals surface area contributed by atoms with Gasteiger partial charge in [0.2, 0.25) is 12.3 Å². The van der Waals surface area contributed by atoms with Crippen LogP contribution in [0.25, 0.3) is 0 Å². The highest BCUT2D eigenvalue weighted by Crippen LogP contribution is 2.46. The molecule has 1 aromatic heterocycles. The first-order chi connectivity index (χ1) is 14.8. The van der Waals surface area contributed by atoms with Gasteiger partial charge in [-0.1, -0.05) is 6.07 Å². The molecule has 0 saturated carbocycles. The maximum absolute atomic E-state index is 13.7. The zero-order valence-corrected chi connectivity index (χ0v) is 17.6. The van der Waals surface area contributed by atoms with Gasteiger partial charge in [0.1, 0.15) is 4.90 Å². The highest BCUT2D eigenvalue weighted by molar-refractivity contribution is 7.91. The molecule has 3 aliphatic rings. The van der Waals surface area contributed by atoms with Gasteiger partial charge in [-0.05, 0) is 54.4 Å². The van der Waals surface area contributed by atoms with Crippen molar-refractivity contribution in [2.24, 2.45) is 9.50 Å². The quantitative estimate of drug-likeness (QED) is 0.745. The number of anilines is 1. The maximum Gasteiger partial charge on any atom is 0.354 e. The van der Waals surface area contributed by atoms with E-state index in [9.17, 15) is 17.8 Å². The molecule has 31 heavy (non-hydrogen) atoms. The number of fused-ring (bicyclic) bond motifs is 3. The summed E-state index contributed by atoms with van der Waals surface area (Å²) in [5.41, 5.74) is 3.65. The first-order valence-corrected chi connectivity index (χ1v) is 11.9. The summed E-state index contributed by atoms with van der Waals surface area (Å²) >= 11 is 0. The molecule has 0 saturated heterocycles. The van der Waals surface area contributed by atoms with Crippen molar-refractivity contribution in [1.82, 2.24) is 9.78 Å². The highest BCUT2D eigenvalue weighted by atomic mass is 32.2. The summed E-state index contributed by atoms with van der Waals surface area (Å²) in [5.74, 6) is -0.691. The van der Waals surface area contributed by atoms with E-state index >= 15 is 0 Å². The van der Waals surface area contributed by atoms with Gasteiger partial charge in [0, 0.05) is 24.6 Å². The lowest BCUT2D eigenvalue weighted by molar-refractivity contribution is 0.114. The van der Waals surface area contributed by atoms with Crippen molar-refractivity contribution >= 4 is 21.6 Å². The van der Waals surface area contributed by atoms with Crippen molar-refractivity contribution in [2.45, 2.75) is 62.3 Å². The van der Waals surface area contributed by atoms with Crippen molar-refractivity contribution in [3.8, 4) is 5.88 Å². The molecule has 0 radical (unpaired) electrons. The van der Waals surface area contributed by atoms with E-state index in [2.05, 4.69) is 14.8 Å². The first kappa shape index (κ1) is 20.4. The van der Waals surface area contributed by atoms with E-state index in [0.29, 0.717) is 43.7 Å². The van der Waals surface area contributed by atoms with Gasteiger partial charge in [-0.25, -0.2) is 27.6 Å². The maximum atomic E-state index is 13.7. The molecule has 1 aliphatic heterocycles. The van der Waals surface area contributed by atoms with Gasteiger partial charge < -0.3 is 10.1 Å². The average Bonchev–Trinajstić information content (AvgIpc) is 3.44. The number of benzene rings is 1. The predicted octanol–water partition coefficient (Wildman–Crippen LogP) is 3.38. The van der Waals surface area contributed by atoms with Gasteiger partial charge in [0.25, 0.3) is 0 Å². The third-order valence-electron chi connectivity index (χ3n) is 6.20. The van der Waals surface area contributed by atoms with Crippen molar-refractivity contribution in [2.75, 3.05) is 11.9 Å². The SMILES string of the molecule is N[S@@](=O)(=NC(=O)Nc1c2c(cc3c1[C@@H](C(F)F)CC3)CCC2)c1cnn2c1OCCC2. The fourth-order valence-corrected chi connectivity index (χ4v) is 5.85. The van der Waals surface area contributed by atoms with Gasteiger partial charge in [-0.2, -0.15) is 5.10 Å². The van der Waals surface area contributed by atoms with Crippen LogP contribution in [0.1, 0.15) is 47.4 Å². The second-order valence-electron chi connectivity index (χ2n) is 8.12. The van der Waals surface area contributed by atoms with E-state index in [4.69, 9.17) is 9.88 Å². The lowest BCUT2D eigenvalue weighted by Crippen LogP contribution is -2.21. The number of hydrogen-bond donors (Lipinski definition) is 2. The Morgan fingerprint density at radius 2 is 2.16 bits per heavy atom. The van der Waals surface area contributed by atoms with Crippen molar-refractivity contribution in [3.63, 3.8) is 0 Å². The smallest absolute Gasteiger partial charge is 0.354 e. The van der Waals surface area contributed by atoms with Gasteiger partial charge in [0.15, 0.2) is 9.92 Å². The summed E-state index contributed by atoms with van der Waals surface area (Å²) in [4.78, 5) is 12.8. The molecule has 166 valence electrons. The fraction of sp³-hybridized carbons (Fsp3) is 0.500. The Morgan fingerprint density at radius 1 is 1.32 bits per heavy atom. The summed E-state index contributed by atoms with van der Waals surface area (Å²) in [5, 5.41) is 12.7. The molecule has 1 aromatic carbocycles. The normalized spacial score (nSPS) is 21.1. The Bertz CT molecular complexity index is 1190. The van der Waals surface area contributed by atoms with E-state index in [-0.39, 0.29) is 10.8 Å². The Labute approximate surface area is 178 Å². The second-order valence-corrected chi connectivity index (χ2v) is 9.88. The highest BCUT2D eigenvalue weighted by Gasteiger charge is 2.36. The second kappa shape index (κ2) is 7.56. The molecule has 0 fully saturated rings. The summed E-state index contributed by atoms with van der Waals surface area (Å²) in [7, 11) is -3.63. The van der Waals surface area contributed by atoms with Crippen LogP contribution in [0.2, 0.25) is 0 Å². The zero-order chi connectivity index (χ0) is 21.8. The van der Waals surface area contributed by atoms with Gasteiger partial charge >= 0.3 is 6.03 Å². The summed E-state index contributed by atoms with van der Waals surface area (Å²) in [6, 6.07) is 1.07. The summed E-state index contributed by atoms with van der Waals surface area (Å²) in [6.45, 7) is 1.02. The molecule has 2 aromatic rings. The molecule has 3 N–H and O–H groups in total. The monoisotopic (exact) mass is 451 g/mol. The largest absolute Gasteiger partial charge is 0.477 e. The Morgan fingerprint density at radius 3 is 2.97 bits per heavy atom. The van der Waals surface area contributed by atoms with Crippen LogP contribution in [0, 0.1) is 0 Å². The number of ether oxygens (including phenoxy) is 1. The number of nitrogens with two attached hydrogens (primary N) is 1. The standard InChI is InChI=1S/C20H23F2N5O3S/c21-18(22)14-6-5-12-9-11-3-1-4-13(11)17(16(12)14)25-20(28)26-31(23,29)15-10-24-27-7-2-8-30-19(15)27/h9-10,14,18H,1-8H2,(H3,23,25,26,28,29)/t14-,31+/m0/s1. The molecular weight excluding hydrogens is 428 g/mol. The van der Waals surface area contributed by atoms with E-state index in [0.717, 1.165) is 36.0 Å². The molecule has 5 rings (SSSR count). The number of nitrogens with one attached hydrogen (secondary N) is 1. The number of amides is 2. The van der Waals surface area contributed by atoms with Crippen LogP contribution in [0.15, 0.2) is 21.5 Å². The lowest BCUT2D eigenvalue weighted by Gasteiger charge is -2.19. The Balaban J connectivity index is 1.52. The number of alkyl halides is 2. The molecule has 2 heterocycles. The molecule has 0 unspecified atom stereocenters. The minimum absolute atomic E-state index is 0.0522. The molecular formula is C20H23F2N5O3S. The third-order valence-corrected chi connectivity index (χ3v) is 7.55. The zero-order valence-electron chi connectivity index (χ0n) is 16.8. The van der Waals surface area contributed by atoms with Crippen LogP contribution < -0.4 is 15.2 Å². The summed E-state index contributed by atoms with van der Waals surface area (Å²) < 4.78 is 51.2. The molecule has 0 spiro atoms. The number of halogens is 2. The summed E-state index contributed by atoms with van der Waals surface area (Å²) in [6.07, 6.45) is 2.84. The number of nitrogens with zero attached hydrogens (tertiary/aromatic N) is 3. The molecule has 0 bridgehead atoms. The number of carbonyl (C=O) groups excluding carboxylic acids is 1. The lowest BCUT2D eigenvalue weighted by atomic mass is 9.94. The van der Waals surface area contributed by atoms with Crippen molar-refractivity contribution in [1.29, 1.82) is 0 Å². The Hall–Kier alpha value is -2.53. The van der Waals surface area contributed by atoms with Crippen LogP contribution in [-0.2, 0) is 35.7 Å². The number of urea groups is 1. The van der Waals surface area contributed by atoms with Crippen molar-refractivity contribution in [3.05, 3.63) is 34.5 Å². The van der Waals surface area contributed by atoms with E-state index in [1.54, 1.807) is 0 Å². The number of aromatic nitrogens is 2. The number of aryl methyl sites for hydroxylation is 3. The predicted molar refractivity (Wildman–Crippen MR) is 110 cm³/mol. The van der Waals surface area contributed by atoms with Crippen LogP contribution in [0.5, 0.6) is 5.88 Å². The van der Waals surface area contributed by atoms with Crippen LogP contribution in [0.4, 0.5) is 19.3 Å². The minimum atomic E-state index is -3.63. The fourth-order valence-electron chi connectivity index (χ4n) is 4.85. The van der Waals surface area contributed by atoms with E-state index in [1.165, 1.54) is 10.9 Å². The van der Waals surface area contributed by atoms with Gasteiger partial charge in [-0.15, -0.1) is 4.36 Å². The Kier molecular flexibility index (Phi) is 4.97. The molecule has 8 nitrogen and oxygen atoms in total. The van der Waals surface area contributed by atoms with Crippen LogP contribution >= 0.6 is 0 Å².